The summed E-state index contributed by atoms with van der Waals surface area (Å²) in [4.78, 5) is 15.9. The van der Waals surface area contributed by atoms with E-state index in [1.165, 1.54) is 39.0 Å². The Kier molecular flexibility index (Phi) is 5.95. The summed E-state index contributed by atoms with van der Waals surface area (Å²) >= 11 is 0. The van der Waals surface area contributed by atoms with Crippen molar-refractivity contribution in [2.24, 2.45) is 5.92 Å². The molecule has 4 nitrogen and oxygen atoms in total. The number of aromatic nitrogens is 3. The summed E-state index contributed by atoms with van der Waals surface area (Å²) in [5.41, 5.74) is 12.3. The maximum Gasteiger partial charge on any atom is 0.164 e. The van der Waals surface area contributed by atoms with Gasteiger partial charge >= 0.3 is 0 Å². The van der Waals surface area contributed by atoms with Gasteiger partial charge in [0.15, 0.2) is 11.6 Å². The maximum absolute atomic E-state index is 6.41. The number of rotatable bonds is 3. The molecule has 0 saturated heterocycles. The second-order valence-electron chi connectivity index (χ2n) is 12.6. The summed E-state index contributed by atoms with van der Waals surface area (Å²) in [5, 5.41) is 0. The standard InChI is InChI=1S/C39H35N3O/c1-2-11-27(12-3-1)37-40-38(42-39(41-37)31-17-9-19-33-36(31)29-15-6-7-18-32(29)43-33)30-16-8-13-25-22-23-26-21-20-24-10-4-5-14-28(24)34(26)35(25)30/h2,5-7,9,11-12,14-16,18-21,29,31-32H,1,3-4,8,10,13,17,22-23H2. The minimum absolute atomic E-state index is 0.0525. The molecule has 0 bridgehead atoms. The van der Waals surface area contributed by atoms with Gasteiger partial charge in [0.1, 0.15) is 17.7 Å². The van der Waals surface area contributed by atoms with Gasteiger partial charge in [0.05, 0.1) is 0 Å². The number of aryl methyl sites for hydroxylation is 2. The van der Waals surface area contributed by atoms with Crippen LogP contribution in [0.1, 0.15) is 90.6 Å². The molecule has 212 valence electrons. The highest BCUT2D eigenvalue weighted by molar-refractivity contribution is 6.08. The molecule has 43 heavy (non-hydrogen) atoms. The number of hydrogen-bond acceptors (Lipinski definition) is 4. The fourth-order valence-corrected chi connectivity index (χ4v) is 8.08. The highest BCUT2D eigenvalue weighted by atomic mass is 16.5. The molecule has 6 aliphatic carbocycles. The van der Waals surface area contributed by atoms with Crippen molar-refractivity contribution < 1.29 is 4.74 Å². The number of hydrogen-bond donors (Lipinski definition) is 0. The van der Waals surface area contributed by atoms with Crippen LogP contribution < -0.4 is 0 Å². The molecule has 1 aliphatic heterocycles. The minimum atomic E-state index is 0.0525. The zero-order valence-corrected chi connectivity index (χ0v) is 24.4. The summed E-state index contributed by atoms with van der Waals surface area (Å²) in [5.74, 6) is 3.75. The van der Waals surface area contributed by atoms with Crippen LogP contribution in [-0.2, 0) is 17.6 Å². The largest absolute Gasteiger partial charge is 0.485 e. The number of nitrogens with zero attached hydrogens (tertiary/aromatic N) is 3. The van der Waals surface area contributed by atoms with E-state index in [0.29, 0.717) is 0 Å². The third-order valence-corrected chi connectivity index (χ3v) is 10.1. The first-order chi connectivity index (χ1) is 21.3. The molecule has 4 heteroatoms. The Morgan fingerprint density at radius 2 is 1.63 bits per heavy atom. The quantitative estimate of drug-likeness (QED) is 0.377. The van der Waals surface area contributed by atoms with E-state index < -0.39 is 0 Å². The lowest BCUT2D eigenvalue weighted by molar-refractivity contribution is 0.173. The van der Waals surface area contributed by atoms with Gasteiger partial charge in [0, 0.05) is 23.0 Å². The molecule has 9 rings (SSSR count). The van der Waals surface area contributed by atoms with Gasteiger partial charge in [-0.25, -0.2) is 15.0 Å². The second kappa shape index (κ2) is 10.2. The molecule has 0 amide bonds. The molecule has 0 saturated carbocycles. The lowest BCUT2D eigenvalue weighted by atomic mass is 9.74. The van der Waals surface area contributed by atoms with Gasteiger partial charge in [0.25, 0.3) is 0 Å². The van der Waals surface area contributed by atoms with Gasteiger partial charge in [0.2, 0.25) is 0 Å². The van der Waals surface area contributed by atoms with Crippen molar-refractivity contribution in [1.29, 1.82) is 0 Å². The Labute approximate surface area is 253 Å². The van der Waals surface area contributed by atoms with Crippen LogP contribution in [0.2, 0.25) is 0 Å². The zero-order valence-electron chi connectivity index (χ0n) is 24.4. The first-order valence-corrected chi connectivity index (χ1v) is 16.1. The van der Waals surface area contributed by atoms with Crippen molar-refractivity contribution in [2.45, 2.75) is 69.8 Å². The van der Waals surface area contributed by atoms with Gasteiger partial charge in [-0.2, -0.15) is 0 Å². The summed E-state index contributed by atoms with van der Waals surface area (Å²) in [6, 6.07) is 4.75. The molecular formula is C39H35N3O. The number of ether oxygens (including phenoxy) is 1. The van der Waals surface area contributed by atoms with Crippen molar-refractivity contribution >= 4 is 22.8 Å². The summed E-state index contributed by atoms with van der Waals surface area (Å²) in [7, 11) is 0. The van der Waals surface area contributed by atoms with Crippen LogP contribution in [0.3, 0.4) is 0 Å². The number of allylic oxidation sites excluding steroid dienone is 13. The first-order valence-electron chi connectivity index (χ1n) is 16.1. The first kappa shape index (κ1) is 25.2. The summed E-state index contributed by atoms with van der Waals surface area (Å²) in [6.07, 6.45) is 36.5. The Hall–Kier alpha value is -4.31. The second-order valence-corrected chi connectivity index (χ2v) is 12.6. The molecule has 0 radical (unpaired) electrons. The molecular weight excluding hydrogens is 526 g/mol. The highest BCUT2D eigenvalue weighted by Gasteiger charge is 2.41. The van der Waals surface area contributed by atoms with E-state index in [1.54, 1.807) is 5.57 Å². The molecule has 0 N–H and O–H groups in total. The molecule has 0 fully saturated rings. The van der Waals surface area contributed by atoms with Crippen LogP contribution in [0, 0.1) is 5.92 Å². The average molecular weight is 562 g/mol. The predicted molar refractivity (Wildman–Crippen MR) is 173 cm³/mol. The lowest BCUT2D eigenvalue weighted by Gasteiger charge is -2.31. The summed E-state index contributed by atoms with van der Waals surface area (Å²) in [6.45, 7) is 0. The predicted octanol–water partition coefficient (Wildman–Crippen LogP) is 8.58. The fourth-order valence-electron chi connectivity index (χ4n) is 8.08. The van der Waals surface area contributed by atoms with E-state index in [0.717, 1.165) is 86.6 Å². The SMILES string of the molecule is C1=CC2OC3=C(C(c4nc(C5=CCCC=C5)nc(C5=CCCC6=C5c5c(ccc7c5C=CCC7)CC6)n4)CC=C3)C2C=C1. The normalized spacial score (nSPS) is 26.3. The van der Waals surface area contributed by atoms with Crippen LogP contribution in [0.15, 0.2) is 95.9 Å². The van der Waals surface area contributed by atoms with Gasteiger partial charge < -0.3 is 4.74 Å². The molecule has 7 aliphatic rings. The number of fused-ring (bicyclic) bond motifs is 6. The summed E-state index contributed by atoms with van der Waals surface area (Å²) < 4.78 is 6.41. The number of benzene rings is 1. The van der Waals surface area contributed by atoms with E-state index in [1.807, 2.05) is 0 Å². The third kappa shape index (κ3) is 4.14. The molecule has 0 spiro atoms. The molecule has 3 atom stereocenters. The van der Waals surface area contributed by atoms with Crippen molar-refractivity contribution in [3.63, 3.8) is 0 Å². The monoisotopic (exact) mass is 561 g/mol. The van der Waals surface area contributed by atoms with E-state index in [-0.39, 0.29) is 17.9 Å². The molecule has 1 aromatic carbocycles. The van der Waals surface area contributed by atoms with Gasteiger partial charge in [-0.05, 0) is 103 Å². The maximum atomic E-state index is 6.41. The smallest absolute Gasteiger partial charge is 0.164 e. The van der Waals surface area contributed by atoms with Crippen LogP contribution in [-0.4, -0.2) is 21.1 Å². The van der Waals surface area contributed by atoms with Gasteiger partial charge in [-0.1, -0.05) is 78.5 Å². The average Bonchev–Trinajstić information content (AvgIpc) is 3.47. The van der Waals surface area contributed by atoms with Crippen LogP contribution in [0.4, 0.5) is 0 Å². The molecule has 1 aromatic heterocycles. The zero-order chi connectivity index (χ0) is 28.3. The Bertz CT molecular complexity index is 1840. The van der Waals surface area contributed by atoms with Crippen LogP contribution in [0.25, 0.3) is 22.8 Å². The molecule has 2 aromatic rings. The van der Waals surface area contributed by atoms with Crippen molar-refractivity contribution in [3.8, 4) is 0 Å². The van der Waals surface area contributed by atoms with Crippen molar-refractivity contribution in [1.82, 2.24) is 15.0 Å². The van der Waals surface area contributed by atoms with Gasteiger partial charge in [-0.3, -0.25) is 0 Å². The third-order valence-electron chi connectivity index (χ3n) is 10.1. The topological polar surface area (TPSA) is 47.9 Å². The van der Waals surface area contributed by atoms with Crippen LogP contribution in [0.5, 0.6) is 0 Å². The Balaban J connectivity index is 1.21. The molecule has 3 unspecified atom stereocenters. The van der Waals surface area contributed by atoms with Crippen molar-refractivity contribution in [2.75, 3.05) is 0 Å². The van der Waals surface area contributed by atoms with E-state index >= 15 is 0 Å². The van der Waals surface area contributed by atoms with E-state index in [2.05, 4.69) is 85.0 Å². The fraction of sp³-hybridized carbons (Fsp3) is 0.308. The Morgan fingerprint density at radius 1 is 0.721 bits per heavy atom. The van der Waals surface area contributed by atoms with E-state index in [4.69, 9.17) is 19.7 Å². The molecule has 2 heterocycles. The van der Waals surface area contributed by atoms with Crippen LogP contribution >= 0.6 is 0 Å². The van der Waals surface area contributed by atoms with E-state index in [9.17, 15) is 0 Å². The van der Waals surface area contributed by atoms with Gasteiger partial charge in [-0.15, -0.1) is 0 Å². The Morgan fingerprint density at radius 3 is 2.58 bits per heavy atom. The lowest BCUT2D eigenvalue weighted by Crippen LogP contribution is -2.21. The minimum Gasteiger partial charge on any atom is -0.485 e. The van der Waals surface area contributed by atoms with Crippen molar-refractivity contribution in [3.05, 3.63) is 136 Å². The highest BCUT2D eigenvalue weighted by Crippen LogP contribution is 2.49.